The lowest BCUT2D eigenvalue weighted by molar-refractivity contribution is 0.102. The van der Waals surface area contributed by atoms with E-state index in [2.05, 4.69) is 10.0 Å². The third-order valence-electron chi connectivity index (χ3n) is 4.51. The molecule has 152 valence electrons. The highest BCUT2D eigenvalue weighted by molar-refractivity contribution is 7.92. The van der Waals surface area contributed by atoms with Gasteiger partial charge in [0, 0.05) is 7.05 Å². The fourth-order valence-corrected chi connectivity index (χ4v) is 3.61. The fourth-order valence-electron chi connectivity index (χ4n) is 3.03. The summed E-state index contributed by atoms with van der Waals surface area (Å²) in [5.74, 6) is -0.578. The number of sulfonamides is 1. The molecule has 0 saturated carbocycles. The highest BCUT2D eigenvalue weighted by atomic mass is 32.2. The Bertz CT molecular complexity index is 1240. The second-order valence-corrected chi connectivity index (χ2v) is 8.56. The molecule has 29 heavy (non-hydrogen) atoms. The molecule has 0 atom stereocenters. The first-order valence-electron chi connectivity index (χ1n) is 8.82. The molecule has 0 aliphatic carbocycles. The van der Waals surface area contributed by atoms with Crippen LogP contribution in [0.15, 0.2) is 53.3 Å². The van der Waals surface area contributed by atoms with Crippen molar-refractivity contribution in [2.75, 3.05) is 16.3 Å². The van der Waals surface area contributed by atoms with E-state index in [9.17, 15) is 18.0 Å². The van der Waals surface area contributed by atoms with Crippen LogP contribution in [0.25, 0.3) is 5.69 Å². The van der Waals surface area contributed by atoms with Crippen molar-refractivity contribution in [1.29, 1.82) is 0 Å². The smallest absolute Gasteiger partial charge is 0.295 e. The molecule has 9 heteroatoms. The summed E-state index contributed by atoms with van der Waals surface area (Å²) in [7, 11) is -1.85. The van der Waals surface area contributed by atoms with E-state index >= 15 is 0 Å². The Kier molecular flexibility index (Phi) is 5.34. The van der Waals surface area contributed by atoms with Crippen molar-refractivity contribution in [3.05, 3.63) is 75.7 Å². The summed E-state index contributed by atoms with van der Waals surface area (Å²) in [5.41, 5.74) is 2.04. The van der Waals surface area contributed by atoms with Gasteiger partial charge in [0.1, 0.15) is 5.69 Å². The molecule has 0 unspecified atom stereocenters. The topological polar surface area (TPSA) is 102 Å². The Morgan fingerprint density at radius 2 is 1.69 bits per heavy atom. The largest absolute Gasteiger partial charge is 0.316 e. The Labute approximate surface area is 168 Å². The number of carbonyl (C=O) groups is 1. The molecule has 0 spiro atoms. The second kappa shape index (κ2) is 7.59. The van der Waals surface area contributed by atoms with Crippen LogP contribution in [-0.4, -0.2) is 29.9 Å². The van der Waals surface area contributed by atoms with Gasteiger partial charge in [0.05, 0.1) is 28.9 Å². The number of aromatic nitrogens is 2. The van der Waals surface area contributed by atoms with Crippen molar-refractivity contribution in [1.82, 2.24) is 9.36 Å². The number of amides is 1. The summed E-state index contributed by atoms with van der Waals surface area (Å²) in [6, 6.07) is 13.8. The first-order valence-corrected chi connectivity index (χ1v) is 10.7. The van der Waals surface area contributed by atoms with Crippen molar-refractivity contribution in [3.8, 4) is 5.69 Å². The summed E-state index contributed by atoms with van der Waals surface area (Å²) in [6.07, 6.45) is 1.01. The number of hydrogen-bond donors (Lipinski definition) is 2. The van der Waals surface area contributed by atoms with Crippen LogP contribution >= 0.6 is 0 Å². The van der Waals surface area contributed by atoms with Gasteiger partial charge in [-0.3, -0.25) is 19.0 Å². The lowest BCUT2D eigenvalue weighted by Crippen LogP contribution is -2.23. The van der Waals surface area contributed by atoms with Gasteiger partial charge in [-0.2, -0.15) is 0 Å². The summed E-state index contributed by atoms with van der Waals surface area (Å²) in [4.78, 5) is 25.9. The molecule has 1 aromatic heterocycles. The SMILES string of the molecule is Cc1ccc(NS(C)(=O)=O)c(C(=O)Nc2c(C)n(C)n(-c3ccccc3)c2=O)c1. The van der Waals surface area contributed by atoms with Crippen LogP contribution in [-0.2, 0) is 17.1 Å². The number of nitrogens with zero attached hydrogens (tertiary/aromatic N) is 2. The molecule has 0 saturated heterocycles. The van der Waals surface area contributed by atoms with E-state index in [1.807, 2.05) is 18.2 Å². The third kappa shape index (κ3) is 4.24. The Balaban J connectivity index is 2.03. The van der Waals surface area contributed by atoms with Crippen molar-refractivity contribution < 1.29 is 13.2 Å². The Morgan fingerprint density at radius 1 is 1.03 bits per heavy atom. The Hall–Kier alpha value is -3.33. The van der Waals surface area contributed by atoms with Crippen LogP contribution < -0.4 is 15.6 Å². The molecule has 2 aromatic carbocycles. The first-order chi connectivity index (χ1) is 13.6. The van der Waals surface area contributed by atoms with E-state index in [0.717, 1.165) is 11.8 Å². The number of rotatable bonds is 5. The van der Waals surface area contributed by atoms with Gasteiger partial charge in [-0.25, -0.2) is 13.1 Å². The quantitative estimate of drug-likeness (QED) is 0.669. The van der Waals surface area contributed by atoms with Crippen molar-refractivity contribution in [2.45, 2.75) is 13.8 Å². The monoisotopic (exact) mass is 414 g/mol. The maximum Gasteiger partial charge on any atom is 0.295 e. The molecule has 8 nitrogen and oxygen atoms in total. The minimum Gasteiger partial charge on any atom is -0.316 e. The fraction of sp³-hybridized carbons (Fsp3) is 0.200. The van der Waals surface area contributed by atoms with Crippen LogP contribution in [0, 0.1) is 13.8 Å². The molecule has 1 amide bonds. The highest BCUT2D eigenvalue weighted by Crippen LogP contribution is 2.21. The number of hydrogen-bond acceptors (Lipinski definition) is 4. The molecule has 0 aliphatic heterocycles. The zero-order valence-corrected chi connectivity index (χ0v) is 17.4. The van der Waals surface area contributed by atoms with Gasteiger partial charge >= 0.3 is 0 Å². The van der Waals surface area contributed by atoms with E-state index in [1.54, 1.807) is 49.8 Å². The molecule has 3 aromatic rings. The molecule has 1 heterocycles. The number of anilines is 2. The predicted molar refractivity (Wildman–Crippen MR) is 113 cm³/mol. The van der Waals surface area contributed by atoms with Gasteiger partial charge in [-0.1, -0.05) is 29.8 Å². The minimum absolute atomic E-state index is 0.129. The number of benzene rings is 2. The maximum atomic E-state index is 13.0. The second-order valence-electron chi connectivity index (χ2n) is 6.81. The molecule has 0 fully saturated rings. The lowest BCUT2D eigenvalue weighted by Gasteiger charge is -2.11. The van der Waals surface area contributed by atoms with E-state index in [0.29, 0.717) is 11.4 Å². The molecule has 0 aliphatic rings. The number of aryl methyl sites for hydroxylation is 1. The van der Waals surface area contributed by atoms with Gasteiger partial charge in [0.25, 0.3) is 11.5 Å². The third-order valence-corrected chi connectivity index (χ3v) is 5.10. The predicted octanol–water partition coefficient (Wildman–Crippen LogP) is 2.42. The molecule has 0 bridgehead atoms. The number of para-hydroxylation sites is 1. The van der Waals surface area contributed by atoms with Crippen LogP contribution in [0.4, 0.5) is 11.4 Å². The maximum absolute atomic E-state index is 13.0. The molecular weight excluding hydrogens is 392 g/mol. The van der Waals surface area contributed by atoms with Crippen LogP contribution in [0.2, 0.25) is 0 Å². The zero-order chi connectivity index (χ0) is 21.3. The summed E-state index contributed by atoms with van der Waals surface area (Å²) < 4.78 is 28.7. The summed E-state index contributed by atoms with van der Waals surface area (Å²) in [5, 5.41) is 2.65. The van der Waals surface area contributed by atoms with Crippen LogP contribution in [0.3, 0.4) is 0 Å². The lowest BCUT2D eigenvalue weighted by atomic mass is 10.1. The van der Waals surface area contributed by atoms with Gasteiger partial charge in [-0.05, 0) is 38.1 Å². The first kappa shape index (κ1) is 20.4. The normalized spacial score (nSPS) is 11.3. The van der Waals surface area contributed by atoms with Crippen molar-refractivity contribution in [2.24, 2.45) is 7.05 Å². The van der Waals surface area contributed by atoms with Gasteiger partial charge in [-0.15, -0.1) is 0 Å². The minimum atomic E-state index is -3.57. The Morgan fingerprint density at radius 3 is 2.31 bits per heavy atom. The van der Waals surface area contributed by atoms with Gasteiger partial charge < -0.3 is 5.32 Å². The van der Waals surface area contributed by atoms with Crippen LogP contribution in [0.1, 0.15) is 21.6 Å². The van der Waals surface area contributed by atoms with Crippen molar-refractivity contribution >= 4 is 27.3 Å². The highest BCUT2D eigenvalue weighted by Gasteiger charge is 2.21. The van der Waals surface area contributed by atoms with Gasteiger partial charge in [0.2, 0.25) is 10.0 Å². The summed E-state index contributed by atoms with van der Waals surface area (Å²) >= 11 is 0. The van der Waals surface area contributed by atoms with Gasteiger partial charge in [0.15, 0.2) is 0 Å². The average Bonchev–Trinajstić information content (AvgIpc) is 2.86. The van der Waals surface area contributed by atoms with Crippen molar-refractivity contribution in [3.63, 3.8) is 0 Å². The van der Waals surface area contributed by atoms with E-state index in [1.165, 1.54) is 10.7 Å². The van der Waals surface area contributed by atoms with Crippen LogP contribution in [0.5, 0.6) is 0 Å². The number of carbonyl (C=O) groups excluding carboxylic acids is 1. The molecule has 0 radical (unpaired) electrons. The molecular formula is C20H22N4O4S. The zero-order valence-electron chi connectivity index (χ0n) is 16.6. The summed E-state index contributed by atoms with van der Waals surface area (Å²) in [6.45, 7) is 3.51. The standard InChI is InChI=1S/C20H22N4O4S/c1-13-10-11-17(22-29(4,27)28)16(12-13)19(25)21-18-14(2)23(3)24(20(18)26)15-8-6-5-7-9-15/h5-12,22H,1-4H3,(H,21,25). The van der Waals surface area contributed by atoms with E-state index in [4.69, 9.17) is 0 Å². The number of nitrogens with one attached hydrogen (secondary N) is 2. The average molecular weight is 414 g/mol. The van der Waals surface area contributed by atoms with E-state index in [-0.39, 0.29) is 22.5 Å². The van der Waals surface area contributed by atoms with E-state index < -0.39 is 15.9 Å². The molecule has 2 N–H and O–H groups in total. The molecule has 3 rings (SSSR count).